The van der Waals surface area contributed by atoms with E-state index >= 15 is 0 Å². The molecule has 1 aromatic rings. The van der Waals surface area contributed by atoms with Gasteiger partial charge in [0.2, 0.25) is 0 Å². The molecule has 1 fully saturated rings. The van der Waals surface area contributed by atoms with Crippen LogP contribution in [-0.2, 0) is 4.79 Å². The molecule has 6 heteroatoms. The van der Waals surface area contributed by atoms with Gasteiger partial charge in [-0.2, -0.15) is 5.10 Å². The topological polar surface area (TPSA) is 67.2 Å². The molecule has 0 aromatic carbocycles. The first-order valence-corrected chi connectivity index (χ1v) is 7.55. The first kappa shape index (κ1) is 14.5. The van der Waals surface area contributed by atoms with Gasteiger partial charge in [0.15, 0.2) is 0 Å². The molecule has 1 aromatic heterocycles. The number of nitrogens with zero attached hydrogens (tertiary/aromatic N) is 2. The number of nitrogens with one attached hydrogen (secondary N) is 1. The lowest BCUT2D eigenvalue weighted by Gasteiger charge is -2.38. The molecule has 5 nitrogen and oxygen atoms in total. The second-order valence-electron chi connectivity index (χ2n) is 5.20. The van der Waals surface area contributed by atoms with E-state index in [4.69, 9.17) is 0 Å². The van der Waals surface area contributed by atoms with Crippen LogP contribution >= 0.6 is 15.9 Å². The van der Waals surface area contributed by atoms with Gasteiger partial charge in [0.1, 0.15) is 5.54 Å². The average Bonchev–Trinajstić information content (AvgIpc) is 2.83. The Bertz CT molecular complexity index is 449. The van der Waals surface area contributed by atoms with Crippen LogP contribution in [0.25, 0.3) is 0 Å². The van der Waals surface area contributed by atoms with E-state index in [-0.39, 0.29) is 6.04 Å². The zero-order chi connectivity index (χ0) is 13.9. The van der Waals surface area contributed by atoms with Crippen molar-refractivity contribution in [3.05, 3.63) is 16.9 Å². The van der Waals surface area contributed by atoms with E-state index < -0.39 is 11.5 Å². The Morgan fingerprint density at radius 1 is 1.74 bits per heavy atom. The van der Waals surface area contributed by atoms with Gasteiger partial charge in [0.25, 0.3) is 0 Å². The van der Waals surface area contributed by atoms with Gasteiger partial charge in [0.05, 0.1) is 16.7 Å². The summed E-state index contributed by atoms with van der Waals surface area (Å²) >= 11 is 3.38. The van der Waals surface area contributed by atoms with Crippen molar-refractivity contribution < 1.29 is 9.90 Å². The first-order valence-electron chi connectivity index (χ1n) is 6.75. The van der Waals surface area contributed by atoms with Gasteiger partial charge in [-0.25, -0.2) is 0 Å². The van der Waals surface area contributed by atoms with Gasteiger partial charge in [-0.15, -0.1) is 0 Å². The maximum Gasteiger partial charge on any atom is 0.323 e. The number of aliphatic carboxylic acids is 1. The Hall–Kier alpha value is -0.880. The molecule has 1 saturated carbocycles. The summed E-state index contributed by atoms with van der Waals surface area (Å²) in [4.78, 5) is 11.7. The summed E-state index contributed by atoms with van der Waals surface area (Å²) < 4.78 is 2.81. The van der Waals surface area contributed by atoms with E-state index in [2.05, 4.69) is 26.3 Å². The fourth-order valence-corrected chi connectivity index (χ4v) is 3.08. The highest BCUT2D eigenvalue weighted by Crippen LogP contribution is 2.35. The Morgan fingerprint density at radius 2 is 2.53 bits per heavy atom. The molecule has 2 rings (SSSR count). The van der Waals surface area contributed by atoms with Crippen molar-refractivity contribution in [3.8, 4) is 0 Å². The number of aromatic nitrogens is 2. The predicted octanol–water partition coefficient (Wildman–Crippen LogP) is 2.58. The Kier molecular flexibility index (Phi) is 4.62. The number of carboxylic acids is 1. The number of halogens is 1. The fraction of sp³-hybridized carbons (Fsp3) is 0.692. The number of carboxylic acid groups (broad SMARTS) is 1. The number of hydrogen-bond donors (Lipinski definition) is 2. The van der Waals surface area contributed by atoms with Crippen LogP contribution in [0, 0.1) is 0 Å². The standard InChI is InChI=1S/C13H20BrN3O2/c1-2-6-15-13(12(18)19)5-3-4-11(7-13)17-9-10(14)8-16-17/h8-9,11,15H,2-7H2,1H3,(H,18,19). The number of carbonyl (C=O) groups is 1. The monoisotopic (exact) mass is 329 g/mol. The van der Waals surface area contributed by atoms with E-state index in [1.165, 1.54) is 0 Å². The summed E-state index contributed by atoms with van der Waals surface area (Å²) in [5, 5.41) is 17.1. The third-order valence-electron chi connectivity index (χ3n) is 3.79. The summed E-state index contributed by atoms with van der Waals surface area (Å²) in [5.41, 5.74) is -0.794. The van der Waals surface area contributed by atoms with E-state index in [1.54, 1.807) is 6.20 Å². The van der Waals surface area contributed by atoms with Crippen LogP contribution in [0.4, 0.5) is 0 Å². The lowest BCUT2D eigenvalue weighted by atomic mass is 9.79. The first-order chi connectivity index (χ1) is 9.07. The van der Waals surface area contributed by atoms with Crippen molar-refractivity contribution in [2.45, 2.75) is 50.6 Å². The molecule has 0 saturated heterocycles. The minimum atomic E-state index is -0.794. The molecule has 0 bridgehead atoms. The number of hydrogen-bond acceptors (Lipinski definition) is 3. The minimum absolute atomic E-state index is 0.153. The van der Waals surface area contributed by atoms with E-state index in [1.807, 2.05) is 17.8 Å². The molecule has 19 heavy (non-hydrogen) atoms. The zero-order valence-corrected chi connectivity index (χ0v) is 12.7. The van der Waals surface area contributed by atoms with Crippen LogP contribution in [0.5, 0.6) is 0 Å². The summed E-state index contributed by atoms with van der Waals surface area (Å²) in [5.74, 6) is -0.739. The third kappa shape index (κ3) is 3.17. The van der Waals surface area contributed by atoms with E-state index in [0.29, 0.717) is 12.8 Å². The molecule has 2 unspecified atom stereocenters. The molecule has 1 aliphatic carbocycles. The highest BCUT2D eigenvalue weighted by atomic mass is 79.9. The summed E-state index contributed by atoms with van der Waals surface area (Å²) in [6.07, 6.45) is 7.78. The summed E-state index contributed by atoms with van der Waals surface area (Å²) in [6.45, 7) is 2.79. The van der Waals surface area contributed by atoms with Gasteiger partial charge in [-0.3, -0.25) is 9.48 Å². The molecular formula is C13H20BrN3O2. The van der Waals surface area contributed by atoms with Crippen molar-refractivity contribution >= 4 is 21.9 Å². The van der Waals surface area contributed by atoms with Crippen LogP contribution in [0.1, 0.15) is 45.1 Å². The van der Waals surface area contributed by atoms with Crippen LogP contribution in [0.15, 0.2) is 16.9 Å². The van der Waals surface area contributed by atoms with Gasteiger partial charge in [0, 0.05) is 6.20 Å². The third-order valence-corrected chi connectivity index (χ3v) is 4.20. The van der Waals surface area contributed by atoms with Crippen LogP contribution in [-0.4, -0.2) is 32.9 Å². The van der Waals surface area contributed by atoms with Crippen LogP contribution < -0.4 is 5.32 Å². The maximum absolute atomic E-state index is 11.7. The average molecular weight is 330 g/mol. The molecule has 1 heterocycles. The largest absolute Gasteiger partial charge is 0.480 e. The van der Waals surface area contributed by atoms with Gasteiger partial charge in [-0.05, 0) is 54.6 Å². The lowest BCUT2D eigenvalue weighted by molar-refractivity contribution is -0.147. The molecule has 2 N–H and O–H groups in total. The lowest BCUT2D eigenvalue weighted by Crippen LogP contribution is -2.55. The smallest absolute Gasteiger partial charge is 0.323 e. The Labute approximate surface area is 121 Å². The molecule has 1 aliphatic rings. The molecule has 0 spiro atoms. The van der Waals surface area contributed by atoms with Crippen molar-refractivity contribution in [2.75, 3.05) is 6.54 Å². The van der Waals surface area contributed by atoms with Crippen molar-refractivity contribution in [3.63, 3.8) is 0 Å². The van der Waals surface area contributed by atoms with Crippen LogP contribution in [0.2, 0.25) is 0 Å². The van der Waals surface area contributed by atoms with Gasteiger partial charge in [-0.1, -0.05) is 6.92 Å². The highest BCUT2D eigenvalue weighted by Gasteiger charge is 2.43. The minimum Gasteiger partial charge on any atom is -0.480 e. The second-order valence-corrected chi connectivity index (χ2v) is 6.12. The Balaban J connectivity index is 2.15. The SMILES string of the molecule is CCCNC1(C(=O)O)CCCC(n2cc(Br)cn2)C1. The second kappa shape index (κ2) is 6.05. The van der Waals surface area contributed by atoms with Crippen LogP contribution in [0.3, 0.4) is 0 Å². The molecule has 0 aliphatic heterocycles. The Morgan fingerprint density at radius 3 is 3.11 bits per heavy atom. The highest BCUT2D eigenvalue weighted by molar-refractivity contribution is 9.10. The van der Waals surface area contributed by atoms with Crippen molar-refractivity contribution in [2.24, 2.45) is 0 Å². The van der Waals surface area contributed by atoms with E-state index in [9.17, 15) is 9.90 Å². The fourth-order valence-electron chi connectivity index (χ4n) is 2.78. The molecule has 106 valence electrons. The van der Waals surface area contributed by atoms with Gasteiger partial charge < -0.3 is 10.4 Å². The number of rotatable bonds is 5. The summed E-state index contributed by atoms with van der Waals surface area (Å²) in [7, 11) is 0. The van der Waals surface area contributed by atoms with E-state index in [0.717, 1.165) is 30.3 Å². The quantitative estimate of drug-likeness (QED) is 0.871. The summed E-state index contributed by atoms with van der Waals surface area (Å²) in [6, 6.07) is 0.153. The normalized spacial score (nSPS) is 27.4. The molecule has 0 radical (unpaired) electrons. The predicted molar refractivity (Wildman–Crippen MR) is 76.1 cm³/mol. The zero-order valence-electron chi connectivity index (χ0n) is 11.1. The van der Waals surface area contributed by atoms with Crippen molar-refractivity contribution in [1.82, 2.24) is 15.1 Å². The maximum atomic E-state index is 11.7. The molecule has 0 amide bonds. The van der Waals surface area contributed by atoms with Gasteiger partial charge >= 0.3 is 5.97 Å². The molecule has 2 atom stereocenters. The molecular weight excluding hydrogens is 310 g/mol. The van der Waals surface area contributed by atoms with Crippen molar-refractivity contribution in [1.29, 1.82) is 0 Å².